The van der Waals surface area contributed by atoms with Crippen LogP contribution in [0.15, 0.2) is 18.2 Å². The summed E-state index contributed by atoms with van der Waals surface area (Å²) >= 11 is 0. The van der Waals surface area contributed by atoms with Crippen LogP contribution in [-0.4, -0.2) is 18.4 Å². The molecule has 0 bridgehead atoms. The molecule has 3 nitrogen and oxygen atoms in total. The standard InChI is InChI=1S/C14H18F3N3/c1-8-5-9(2)20(7-8)10-3-4-12(14(15,16)17)11(6-10)13(18)19/h3-4,6,8-9H,5,7H2,1-2H3,(H3,18,19). The zero-order valence-electron chi connectivity index (χ0n) is 11.5. The Morgan fingerprint density at radius 1 is 1.35 bits per heavy atom. The van der Waals surface area contributed by atoms with Crippen molar-refractivity contribution in [1.82, 2.24) is 0 Å². The van der Waals surface area contributed by atoms with Gasteiger partial charge in [0.2, 0.25) is 0 Å². The van der Waals surface area contributed by atoms with Crippen LogP contribution in [0.3, 0.4) is 0 Å². The molecule has 1 saturated heterocycles. The van der Waals surface area contributed by atoms with Gasteiger partial charge in [-0.25, -0.2) is 0 Å². The Morgan fingerprint density at radius 2 is 2.00 bits per heavy atom. The van der Waals surface area contributed by atoms with Gasteiger partial charge >= 0.3 is 6.18 Å². The average molecular weight is 285 g/mol. The maximum absolute atomic E-state index is 12.9. The molecule has 2 unspecified atom stereocenters. The van der Waals surface area contributed by atoms with E-state index in [1.165, 1.54) is 12.1 Å². The minimum Gasteiger partial charge on any atom is -0.384 e. The van der Waals surface area contributed by atoms with Gasteiger partial charge in [-0.3, -0.25) is 5.41 Å². The lowest BCUT2D eigenvalue weighted by atomic mass is 10.0. The van der Waals surface area contributed by atoms with E-state index >= 15 is 0 Å². The first-order valence-corrected chi connectivity index (χ1v) is 6.52. The molecule has 0 radical (unpaired) electrons. The molecule has 1 aliphatic heterocycles. The first kappa shape index (κ1) is 14.7. The molecule has 0 saturated carbocycles. The second-order valence-electron chi connectivity index (χ2n) is 5.48. The number of amidine groups is 1. The number of hydrogen-bond donors (Lipinski definition) is 2. The topological polar surface area (TPSA) is 53.1 Å². The molecule has 2 rings (SSSR count). The molecule has 0 spiro atoms. The number of alkyl halides is 3. The van der Waals surface area contributed by atoms with Crippen molar-refractivity contribution in [2.24, 2.45) is 11.7 Å². The number of nitrogen functional groups attached to an aromatic ring is 1. The minimum atomic E-state index is -4.50. The summed E-state index contributed by atoms with van der Waals surface area (Å²) in [6, 6.07) is 4.13. The molecule has 1 aliphatic rings. The van der Waals surface area contributed by atoms with Crippen molar-refractivity contribution >= 4 is 11.5 Å². The number of rotatable bonds is 2. The fraction of sp³-hybridized carbons (Fsp3) is 0.500. The highest BCUT2D eigenvalue weighted by Gasteiger charge is 2.35. The summed E-state index contributed by atoms with van der Waals surface area (Å²) in [5.41, 5.74) is 4.90. The largest absolute Gasteiger partial charge is 0.417 e. The van der Waals surface area contributed by atoms with E-state index in [4.69, 9.17) is 11.1 Å². The van der Waals surface area contributed by atoms with E-state index in [-0.39, 0.29) is 11.6 Å². The van der Waals surface area contributed by atoms with Crippen molar-refractivity contribution in [1.29, 1.82) is 5.41 Å². The third-order valence-electron chi connectivity index (χ3n) is 3.71. The molecule has 2 atom stereocenters. The van der Waals surface area contributed by atoms with Crippen molar-refractivity contribution in [2.75, 3.05) is 11.4 Å². The van der Waals surface area contributed by atoms with Crippen molar-refractivity contribution in [3.63, 3.8) is 0 Å². The highest BCUT2D eigenvalue weighted by Crippen LogP contribution is 2.36. The number of nitrogens with two attached hydrogens (primary N) is 1. The van der Waals surface area contributed by atoms with Crippen LogP contribution in [-0.2, 0) is 6.18 Å². The molecule has 1 aromatic rings. The van der Waals surface area contributed by atoms with Gasteiger partial charge in [0.1, 0.15) is 5.84 Å². The van der Waals surface area contributed by atoms with E-state index in [1.807, 2.05) is 0 Å². The van der Waals surface area contributed by atoms with Crippen LogP contribution in [0.2, 0.25) is 0 Å². The van der Waals surface area contributed by atoms with E-state index < -0.39 is 17.6 Å². The van der Waals surface area contributed by atoms with Crippen molar-refractivity contribution in [3.8, 4) is 0 Å². The zero-order valence-corrected chi connectivity index (χ0v) is 11.5. The number of benzene rings is 1. The smallest absolute Gasteiger partial charge is 0.384 e. The van der Waals surface area contributed by atoms with Crippen LogP contribution in [0.25, 0.3) is 0 Å². The predicted octanol–water partition coefficient (Wildman–Crippen LogP) is 3.22. The van der Waals surface area contributed by atoms with E-state index in [1.54, 1.807) is 0 Å². The molecule has 1 fully saturated rings. The van der Waals surface area contributed by atoms with Gasteiger partial charge < -0.3 is 10.6 Å². The summed E-state index contributed by atoms with van der Waals surface area (Å²) in [6.07, 6.45) is -3.49. The van der Waals surface area contributed by atoms with E-state index in [0.717, 1.165) is 19.0 Å². The first-order chi connectivity index (χ1) is 9.20. The number of nitrogens with one attached hydrogen (secondary N) is 1. The highest BCUT2D eigenvalue weighted by atomic mass is 19.4. The third kappa shape index (κ3) is 2.73. The maximum atomic E-state index is 12.9. The van der Waals surface area contributed by atoms with Gasteiger partial charge in [0, 0.05) is 23.8 Å². The van der Waals surface area contributed by atoms with Crippen LogP contribution < -0.4 is 10.6 Å². The van der Waals surface area contributed by atoms with E-state index in [0.29, 0.717) is 11.6 Å². The summed E-state index contributed by atoms with van der Waals surface area (Å²) < 4.78 is 38.7. The fourth-order valence-corrected chi connectivity index (χ4v) is 2.84. The summed E-state index contributed by atoms with van der Waals surface area (Å²) in [6.45, 7) is 4.98. The molecular weight excluding hydrogens is 267 g/mol. The normalized spacial score (nSPS) is 23.1. The minimum absolute atomic E-state index is 0.248. The number of hydrogen-bond acceptors (Lipinski definition) is 2. The van der Waals surface area contributed by atoms with E-state index in [2.05, 4.69) is 18.7 Å². The van der Waals surface area contributed by atoms with Crippen LogP contribution in [0, 0.1) is 11.3 Å². The lowest BCUT2D eigenvalue weighted by molar-refractivity contribution is -0.137. The molecule has 20 heavy (non-hydrogen) atoms. The Kier molecular flexibility index (Phi) is 3.67. The molecule has 0 aliphatic carbocycles. The Bertz CT molecular complexity index is 525. The van der Waals surface area contributed by atoms with Gasteiger partial charge in [-0.2, -0.15) is 13.2 Å². The Balaban J connectivity index is 2.43. The van der Waals surface area contributed by atoms with Crippen LogP contribution in [0.1, 0.15) is 31.4 Å². The van der Waals surface area contributed by atoms with Crippen molar-refractivity contribution < 1.29 is 13.2 Å². The van der Waals surface area contributed by atoms with Gasteiger partial charge in [-0.05, 0) is 37.5 Å². The van der Waals surface area contributed by atoms with Gasteiger partial charge in [-0.1, -0.05) is 6.92 Å². The van der Waals surface area contributed by atoms with Crippen LogP contribution >= 0.6 is 0 Å². The van der Waals surface area contributed by atoms with Crippen LogP contribution in [0.4, 0.5) is 18.9 Å². The monoisotopic (exact) mass is 285 g/mol. The Morgan fingerprint density at radius 3 is 2.45 bits per heavy atom. The fourth-order valence-electron chi connectivity index (χ4n) is 2.84. The lowest BCUT2D eigenvalue weighted by Crippen LogP contribution is -2.28. The number of anilines is 1. The average Bonchev–Trinajstić information content (AvgIpc) is 2.66. The van der Waals surface area contributed by atoms with Gasteiger partial charge in [-0.15, -0.1) is 0 Å². The molecule has 3 N–H and O–H groups in total. The zero-order chi connectivity index (χ0) is 15.1. The van der Waals surface area contributed by atoms with Gasteiger partial charge in [0.15, 0.2) is 0 Å². The SMILES string of the molecule is CC1CC(C)N(c2ccc(C(F)(F)F)c(C(=N)N)c2)C1. The third-order valence-corrected chi connectivity index (χ3v) is 3.71. The quantitative estimate of drug-likeness (QED) is 0.647. The Hall–Kier alpha value is -1.72. The summed E-state index contributed by atoms with van der Waals surface area (Å²) in [7, 11) is 0. The van der Waals surface area contributed by atoms with Gasteiger partial charge in [0.25, 0.3) is 0 Å². The molecule has 0 aromatic heterocycles. The van der Waals surface area contributed by atoms with Crippen molar-refractivity contribution in [2.45, 2.75) is 32.5 Å². The molecule has 0 amide bonds. The van der Waals surface area contributed by atoms with Crippen LogP contribution in [0.5, 0.6) is 0 Å². The highest BCUT2D eigenvalue weighted by molar-refractivity contribution is 5.97. The predicted molar refractivity (Wildman–Crippen MR) is 73.0 cm³/mol. The summed E-state index contributed by atoms with van der Waals surface area (Å²) in [5.74, 6) is -0.0489. The second kappa shape index (κ2) is 5.00. The maximum Gasteiger partial charge on any atom is 0.417 e. The molecule has 1 aromatic carbocycles. The second-order valence-corrected chi connectivity index (χ2v) is 5.48. The van der Waals surface area contributed by atoms with E-state index in [9.17, 15) is 13.2 Å². The summed E-state index contributed by atoms with van der Waals surface area (Å²) in [4.78, 5) is 2.07. The Labute approximate surface area is 116 Å². The number of nitrogens with zero attached hydrogens (tertiary/aromatic N) is 1. The molecular formula is C14H18F3N3. The molecule has 110 valence electrons. The van der Waals surface area contributed by atoms with Crippen molar-refractivity contribution in [3.05, 3.63) is 29.3 Å². The molecule has 1 heterocycles. The first-order valence-electron chi connectivity index (χ1n) is 6.52. The molecule has 6 heteroatoms. The number of halogens is 3. The summed E-state index contributed by atoms with van der Waals surface area (Å²) in [5, 5.41) is 7.37. The van der Waals surface area contributed by atoms with Gasteiger partial charge in [0.05, 0.1) is 5.56 Å². The lowest BCUT2D eigenvalue weighted by Gasteiger charge is -2.25.